The number of benzene rings is 3. The molecule has 5 nitrogen and oxygen atoms in total. The molecule has 3 rings (SSSR count). The maximum absolute atomic E-state index is 13.1. The van der Waals surface area contributed by atoms with Crippen LogP contribution in [0.3, 0.4) is 0 Å². The lowest BCUT2D eigenvalue weighted by atomic mass is 10.2. The van der Waals surface area contributed by atoms with Gasteiger partial charge in [-0.25, -0.2) is 12.8 Å². The summed E-state index contributed by atoms with van der Waals surface area (Å²) in [5, 5.41) is 3.06. The van der Waals surface area contributed by atoms with Gasteiger partial charge in [0.25, 0.3) is 15.9 Å². The lowest BCUT2D eigenvalue weighted by molar-refractivity contribution is 0.102. The van der Waals surface area contributed by atoms with Crippen molar-refractivity contribution in [3.8, 4) is 0 Å². The molecule has 1 N–H and O–H groups in total. The number of amides is 1. The molecule has 0 saturated carbocycles. The summed E-state index contributed by atoms with van der Waals surface area (Å²) in [4.78, 5) is 12.6. The van der Waals surface area contributed by atoms with Crippen molar-refractivity contribution in [2.45, 2.75) is 11.8 Å². The molecule has 0 aliphatic heterocycles. The van der Waals surface area contributed by atoms with Crippen molar-refractivity contribution in [3.63, 3.8) is 0 Å². The van der Waals surface area contributed by atoms with Crippen molar-refractivity contribution >= 4 is 50.5 Å². The van der Waals surface area contributed by atoms with Crippen LogP contribution in [0.2, 0.25) is 10.0 Å². The van der Waals surface area contributed by atoms with Gasteiger partial charge < -0.3 is 5.32 Å². The van der Waals surface area contributed by atoms with Crippen molar-refractivity contribution in [1.82, 2.24) is 0 Å². The SMILES string of the molecule is Cc1ccc(NC(=O)c2cc(S(=O)(=O)N(C)c3ccc(F)cc3)ccc2Cl)c(Cl)c1. The first-order chi connectivity index (χ1) is 14.1. The second kappa shape index (κ2) is 8.63. The quantitative estimate of drug-likeness (QED) is 0.538. The number of halogens is 3. The molecule has 1 amide bonds. The van der Waals surface area contributed by atoms with Gasteiger partial charge in [-0.3, -0.25) is 9.10 Å². The number of nitrogens with one attached hydrogen (secondary N) is 1. The first kappa shape index (κ1) is 22.1. The molecule has 3 aromatic rings. The Labute approximate surface area is 184 Å². The van der Waals surface area contributed by atoms with Crippen LogP contribution in [0.25, 0.3) is 0 Å². The van der Waals surface area contributed by atoms with Crippen LogP contribution in [0.1, 0.15) is 15.9 Å². The number of hydrogen-bond acceptors (Lipinski definition) is 3. The zero-order chi connectivity index (χ0) is 22.1. The van der Waals surface area contributed by atoms with Crippen molar-refractivity contribution in [2.24, 2.45) is 0 Å². The average molecular weight is 467 g/mol. The maximum atomic E-state index is 13.1. The molecule has 0 spiro atoms. The molecular weight excluding hydrogens is 450 g/mol. The summed E-state index contributed by atoms with van der Waals surface area (Å²) in [7, 11) is -2.68. The minimum atomic E-state index is -4.02. The van der Waals surface area contributed by atoms with Crippen LogP contribution in [-0.4, -0.2) is 21.4 Å². The number of hydrogen-bond donors (Lipinski definition) is 1. The first-order valence-corrected chi connectivity index (χ1v) is 10.9. The number of nitrogens with zero attached hydrogens (tertiary/aromatic N) is 1. The van der Waals surface area contributed by atoms with E-state index in [0.717, 1.165) is 22.0 Å². The molecule has 0 unspecified atom stereocenters. The second-order valence-corrected chi connectivity index (χ2v) is 9.31. The van der Waals surface area contributed by atoms with Crippen LogP contribution >= 0.6 is 23.2 Å². The maximum Gasteiger partial charge on any atom is 0.264 e. The average Bonchev–Trinajstić information content (AvgIpc) is 2.70. The summed E-state index contributed by atoms with van der Waals surface area (Å²) in [6.07, 6.45) is 0. The fourth-order valence-corrected chi connectivity index (χ4v) is 4.41. The molecule has 0 bridgehead atoms. The number of rotatable bonds is 5. The fraction of sp³-hybridized carbons (Fsp3) is 0.0952. The van der Waals surface area contributed by atoms with Gasteiger partial charge in [-0.15, -0.1) is 0 Å². The number of aryl methyl sites for hydroxylation is 1. The Morgan fingerprint density at radius 3 is 2.27 bits per heavy atom. The number of anilines is 2. The third kappa shape index (κ3) is 4.59. The van der Waals surface area contributed by atoms with E-state index >= 15 is 0 Å². The summed E-state index contributed by atoms with van der Waals surface area (Å²) in [6.45, 7) is 1.86. The van der Waals surface area contributed by atoms with Gasteiger partial charge in [0.15, 0.2) is 0 Å². The van der Waals surface area contributed by atoms with E-state index in [4.69, 9.17) is 23.2 Å². The Kier molecular flexibility index (Phi) is 6.36. The second-order valence-electron chi connectivity index (χ2n) is 6.53. The minimum Gasteiger partial charge on any atom is -0.321 e. The highest BCUT2D eigenvalue weighted by atomic mass is 35.5. The molecule has 0 saturated heterocycles. The van der Waals surface area contributed by atoms with Crippen LogP contribution < -0.4 is 9.62 Å². The summed E-state index contributed by atoms with van der Waals surface area (Å²) in [5.41, 5.74) is 1.54. The van der Waals surface area contributed by atoms with Gasteiger partial charge >= 0.3 is 0 Å². The predicted octanol–water partition coefficient (Wildman–Crippen LogP) is 5.52. The molecule has 0 aliphatic rings. The molecule has 0 heterocycles. The Balaban J connectivity index is 1.93. The zero-order valence-electron chi connectivity index (χ0n) is 16.0. The molecule has 9 heteroatoms. The third-order valence-electron chi connectivity index (χ3n) is 4.40. The van der Waals surface area contributed by atoms with E-state index in [1.165, 1.54) is 37.4 Å². The highest BCUT2D eigenvalue weighted by molar-refractivity contribution is 7.92. The summed E-state index contributed by atoms with van der Waals surface area (Å²) < 4.78 is 40.1. The molecule has 0 radical (unpaired) electrons. The lowest BCUT2D eigenvalue weighted by Gasteiger charge is -2.20. The van der Waals surface area contributed by atoms with Gasteiger partial charge in [0, 0.05) is 7.05 Å². The van der Waals surface area contributed by atoms with Crippen LogP contribution in [0.4, 0.5) is 15.8 Å². The number of sulfonamides is 1. The van der Waals surface area contributed by atoms with E-state index in [-0.39, 0.29) is 21.2 Å². The van der Waals surface area contributed by atoms with Crippen molar-refractivity contribution in [1.29, 1.82) is 0 Å². The van der Waals surface area contributed by atoms with E-state index in [0.29, 0.717) is 10.7 Å². The number of carbonyl (C=O) groups excluding carboxylic acids is 1. The Morgan fingerprint density at radius 1 is 0.967 bits per heavy atom. The monoisotopic (exact) mass is 466 g/mol. The molecule has 0 atom stereocenters. The highest BCUT2D eigenvalue weighted by Gasteiger charge is 2.24. The molecule has 0 aromatic heterocycles. The van der Waals surface area contributed by atoms with Crippen LogP contribution in [0.5, 0.6) is 0 Å². The zero-order valence-corrected chi connectivity index (χ0v) is 18.3. The smallest absolute Gasteiger partial charge is 0.264 e. The molecule has 0 aliphatic carbocycles. The van der Waals surface area contributed by atoms with Gasteiger partial charge in [-0.1, -0.05) is 29.3 Å². The van der Waals surface area contributed by atoms with Crippen LogP contribution in [-0.2, 0) is 10.0 Å². The van der Waals surface area contributed by atoms with Gasteiger partial charge in [0.1, 0.15) is 5.82 Å². The molecule has 3 aromatic carbocycles. The van der Waals surface area contributed by atoms with E-state index in [2.05, 4.69) is 5.32 Å². The van der Waals surface area contributed by atoms with Crippen LogP contribution in [0.15, 0.2) is 65.6 Å². The van der Waals surface area contributed by atoms with E-state index in [9.17, 15) is 17.6 Å². The standard InChI is InChI=1S/C21H17Cl2FN2O3S/c1-13-3-10-20(19(23)11-13)25-21(27)17-12-16(8-9-18(17)22)30(28,29)26(2)15-6-4-14(24)5-7-15/h3-12H,1-2H3,(H,25,27). The topological polar surface area (TPSA) is 66.5 Å². The normalized spacial score (nSPS) is 11.2. The molecular formula is C21H17Cl2FN2O3S. The lowest BCUT2D eigenvalue weighted by Crippen LogP contribution is -2.27. The summed E-state index contributed by atoms with van der Waals surface area (Å²) in [6, 6.07) is 13.9. The largest absolute Gasteiger partial charge is 0.321 e. The molecule has 0 fully saturated rings. The summed E-state index contributed by atoms with van der Waals surface area (Å²) in [5.74, 6) is -1.09. The van der Waals surface area contributed by atoms with Crippen molar-refractivity contribution < 1.29 is 17.6 Å². The van der Waals surface area contributed by atoms with Crippen LogP contribution in [0, 0.1) is 12.7 Å². The van der Waals surface area contributed by atoms with E-state index < -0.39 is 21.7 Å². The van der Waals surface area contributed by atoms with Gasteiger partial charge in [0.2, 0.25) is 0 Å². The van der Waals surface area contributed by atoms with Crippen molar-refractivity contribution in [3.05, 3.63) is 87.7 Å². The Hall–Kier alpha value is -2.61. The van der Waals surface area contributed by atoms with Gasteiger partial charge in [-0.2, -0.15) is 0 Å². The fourth-order valence-electron chi connectivity index (χ4n) is 2.70. The molecule has 30 heavy (non-hydrogen) atoms. The minimum absolute atomic E-state index is 0.0260. The first-order valence-electron chi connectivity index (χ1n) is 8.71. The third-order valence-corrected chi connectivity index (χ3v) is 6.83. The van der Waals surface area contributed by atoms with Gasteiger partial charge in [-0.05, 0) is 67.1 Å². The number of carbonyl (C=O) groups is 1. The molecule has 156 valence electrons. The summed E-state index contributed by atoms with van der Waals surface area (Å²) >= 11 is 12.3. The van der Waals surface area contributed by atoms with Gasteiger partial charge in [0.05, 0.1) is 31.9 Å². The highest BCUT2D eigenvalue weighted by Crippen LogP contribution is 2.28. The Bertz CT molecular complexity index is 1220. The predicted molar refractivity (Wildman–Crippen MR) is 118 cm³/mol. The van der Waals surface area contributed by atoms with E-state index in [1.54, 1.807) is 18.2 Å². The van der Waals surface area contributed by atoms with E-state index in [1.807, 2.05) is 6.92 Å². The Morgan fingerprint density at radius 2 is 1.63 bits per heavy atom. The van der Waals surface area contributed by atoms with Crippen molar-refractivity contribution in [2.75, 3.05) is 16.7 Å².